The Kier molecular flexibility index (Phi) is 8.69. The molecule has 4 rings (SSSR count). The molecule has 0 spiro atoms. The number of carbonyl (C=O) groups excluding carboxylic acids is 2. The standard InChI is InChI=1S/C29H35N3O2S/c1-3-21(2)22-11-13-25(14-12-22)32(27(33)20-26-10-7-19-35-26)28(23-15-17-30-18-16-23)29(34)31-24-8-5-4-6-9-24/h7,10-19,21,24,28H,3-6,8-9,20H2,1-2H3,(H,31,34)/t21-,28+/m0/s1. The number of hydrogen-bond donors (Lipinski definition) is 1. The maximum Gasteiger partial charge on any atom is 0.248 e. The molecule has 0 saturated heterocycles. The molecule has 0 unspecified atom stereocenters. The zero-order chi connectivity index (χ0) is 24.6. The zero-order valence-corrected chi connectivity index (χ0v) is 21.5. The first kappa shape index (κ1) is 25.1. The molecule has 1 N–H and O–H groups in total. The second-order valence-corrected chi connectivity index (χ2v) is 10.5. The number of nitrogens with one attached hydrogen (secondary N) is 1. The van der Waals surface area contributed by atoms with Crippen LogP contribution in [0, 0.1) is 0 Å². The molecule has 35 heavy (non-hydrogen) atoms. The third-order valence-corrected chi connectivity index (χ3v) is 7.88. The van der Waals surface area contributed by atoms with Gasteiger partial charge in [-0.2, -0.15) is 0 Å². The van der Waals surface area contributed by atoms with Crippen LogP contribution >= 0.6 is 11.3 Å². The molecule has 1 aliphatic carbocycles. The Bertz CT molecular complexity index is 1080. The fraction of sp³-hybridized carbons (Fsp3) is 0.414. The minimum absolute atomic E-state index is 0.0932. The van der Waals surface area contributed by atoms with E-state index in [0.29, 0.717) is 5.92 Å². The van der Waals surface area contributed by atoms with Gasteiger partial charge in [-0.1, -0.05) is 51.3 Å². The lowest BCUT2D eigenvalue weighted by atomic mass is 9.94. The lowest BCUT2D eigenvalue weighted by Crippen LogP contribution is -2.47. The van der Waals surface area contributed by atoms with Gasteiger partial charge in [0.2, 0.25) is 11.8 Å². The number of anilines is 1. The predicted molar refractivity (Wildman–Crippen MR) is 143 cm³/mol. The van der Waals surface area contributed by atoms with Crippen LogP contribution in [0.3, 0.4) is 0 Å². The Hall–Kier alpha value is -2.99. The first-order valence-electron chi connectivity index (χ1n) is 12.7. The lowest BCUT2D eigenvalue weighted by Gasteiger charge is -2.33. The van der Waals surface area contributed by atoms with Crippen molar-refractivity contribution < 1.29 is 9.59 Å². The summed E-state index contributed by atoms with van der Waals surface area (Å²) < 4.78 is 0. The zero-order valence-electron chi connectivity index (χ0n) is 20.7. The van der Waals surface area contributed by atoms with Gasteiger partial charge in [-0.25, -0.2) is 0 Å². The van der Waals surface area contributed by atoms with Gasteiger partial charge in [0.15, 0.2) is 0 Å². The highest BCUT2D eigenvalue weighted by Crippen LogP contribution is 2.31. The largest absolute Gasteiger partial charge is 0.351 e. The second kappa shape index (κ2) is 12.1. The average molecular weight is 490 g/mol. The summed E-state index contributed by atoms with van der Waals surface area (Å²) in [6.45, 7) is 4.37. The highest BCUT2D eigenvalue weighted by atomic mass is 32.1. The molecule has 2 heterocycles. The van der Waals surface area contributed by atoms with Crippen molar-refractivity contribution in [1.29, 1.82) is 0 Å². The number of nitrogens with zero attached hydrogens (tertiary/aromatic N) is 2. The smallest absolute Gasteiger partial charge is 0.248 e. The van der Waals surface area contributed by atoms with Crippen molar-refractivity contribution in [3.8, 4) is 0 Å². The maximum atomic E-state index is 13.8. The molecule has 1 aromatic carbocycles. The number of pyridine rings is 1. The number of hydrogen-bond acceptors (Lipinski definition) is 4. The maximum absolute atomic E-state index is 13.8. The topological polar surface area (TPSA) is 62.3 Å². The van der Waals surface area contributed by atoms with Crippen molar-refractivity contribution in [2.45, 2.75) is 76.8 Å². The highest BCUT2D eigenvalue weighted by Gasteiger charge is 2.34. The van der Waals surface area contributed by atoms with E-state index in [-0.39, 0.29) is 24.3 Å². The van der Waals surface area contributed by atoms with Crippen LogP contribution in [-0.4, -0.2) is 22.8 Å². The predicted octanol–water partition coefficient (Wildman–Crippen LogP) is 6.42. The van der Waals surface area contributed by atoms with E-state index in [1.165, 1.54) is 12.0 Å². The van der Waals surface area contributed by atoms with Crippen molar-refractivity contribution in [2.24, 2.45) is 0 Å². The Balaban J connectivity index is 1.72. The van der Waals surface area contributed by atoms with Gasteiger partial charge in [-0.3, -0.25) is 19.5 Å². The Labute approximate surface area is 212 Å². The number of amides is 2. The fourth-order valence-electron chi connectivity index (χ4n) is 4.77. The minimum atomic E-state index is -0.762. The van der Waals surface area contributed by atoms with E-state index in [4.69, 9.17) is 0 Å². The van der Waals surface area contributed by atoms with Gasteiger partial charge in [-0.15, -0.1) is 11.3 Å². The van der Waals surface area contributed by atoms with Crippen LogP contribution in [0.4, 0.5) is 5.69 Å². The molecule has 2 atom stereocenters. The van der Waals surface area contributed by atoms with Crippen LogP contribution in [-0.2, 0) is 16.0 Å². The van der Waals surface area contributed by atoms with Crippen LogP contribution in [0.15, 0.2) is 66.3 Å². The van der Waals surface area contributed by atoms with E-state index in [2.05, 4.69) is 36.3 Å². The summed E-state index contributed by atoms with van der Waals surface area (Å²) in [6.07, 6.45) is 10.1. The minimum Gasteiger partial charge on any atom is -0.351 e. The van der Waals surface area contributed by atoms with Gasteiger partial charge in [0, 0.05) is 29.0 Å². The van der Waals surface area contributed by atoms with Crippen LogP contribution in [0.1, 0.15) is 80.3 Å². The number of carbonyl (C=O) groups is 2. The fourth-order valence-corrected chi connectivity index (χ4v) is 5.47. The Morgan fingerprint density at radius 2 is 1.74 bits per heavy atom. The molecule has 0 aliphatic heterocycles. The Morgan fingerprint density at radius 1 is 1.03 bits per heavy atom. The summed E-state index contributed by atoms with van der Waals surface area (Å²) in [5.41, 5.74) is 2.73. The van der Waals surface area contributed by atoms with Crippen molar-refractivity contribution in [2.75, 3.05) is 4.90 Å². The summed E-state index contributed by atoms with van der Waals surface area (Å²) in [5, 5.41) is 5.25. The molecule has 1 fully saturated rings. The van der Waals surface area contributed by atoms with Gasteiger partial charge >= 0.3 is 0 Å². The lowest BCUT2D eigenvalue weighted by molar-refractivity contribution is -0.127. The summed E-state index contributed by atoms with van der Waals surface area (Å²) >= 11 is 1.56. The molecular formula is C29H35N3O2S. The van der Waals surface area contributed by atoms with Crippen LogP contribution in [0.2, 0.25) is 0 Å². The van der Waals surface area contributed by atoms with Crippen molar-refractivity contribution in [3.05, 3.63) is 82.3 Å². The van der Waals surface area contributed by atoms with Crippen LogP contribution in [0.5, 0.6) is 0 Å². The average Bonchev–Trinajstić information content (AvgIpc) is 3.41. The van der Waals surface area contributed by atoms with E-state index < -0.39 is 6.04 Å². The van der Waals surface area contributed by atoms with E-state index >= 15 is 0 Å². The molecule has 3 aromatic rings. The molecule has 2 amide bonds. The number of aromatic nitrogens is 1. The quantitative estimate of drug-likeness (QED) is 0.377. The molecule has 2 aromatic heterocycles. The van der Waals surface area contributed by atoms with Crippen molar-refractivity contribution >= 4 is 28.8 Å². The first-order chi connectivity index (χ1) is 17.1. The van der Waals surface area contributed by atoms with E-state index in [9.17, 15) is 9.59 Å². The van der Waals surface area contributed by atoms with Crippen molar-refractivity contribution in [3.63, 3.8) is 0 Å². The number of benzene rings is 1. The molecule has 5 nitrogen and oxygen atoms in total. The van der Waals surface area contributed by atoms with Gasteiger partial charge in [0.25, 0.3) is 0 Å². The van der Waals surface area contributed by atoms with E-state index in [0.717, 1.165) is 48.2 Å². The van der Waals surface area contributed by atoms with Gasteiger partial charge < -0.3 is 5.32 Å². The summed E-state index contributed by atoms with van der Waals surface area (Å²) in [5.74, 6) is 0.211. The Morgan fingerprint density at radius 3 is 2.37 bits per heavy atom. The summed E-state index contributed by atoms with van der Waals surface area (Å²) in [6, 6.07) is 15.1. The van der Waals surface area contributed by atoms with Crippen molar-refractivity contribution in [1.82, 2.24) is 10.3 Å². The number of rotatable bonds is 9. The van der Waals surface area contributed by atoms with Gasteiger partial charge in [0.05, 0.1) is 6.42 Å². The molecule has 1 aliphatic rings. The van der Waals surface area contributed by atoms with Gasteiger partial charge in [0.1, 0.15) is 6.04 Å². The normalized spacial score (nSPS) is 15.8. The molecule has 0 bridgehead atoms. The summed E-state index contributed by atoms with van der Waals surface area (Å²) in [4.78, 5) is 34.5. The molecule has 6 heteroatoms. The third kappa shape index (κ3) is 6.37. The van der Waals surface area contributed by atoms with Crippen LogP contribution < -0.4 is 10.2 Å². The highest BCUT2D eigenvalue weighted by molar-refractivity contribution is 7.10. The monoisotopic (exact) mass is 489 g/mol. The molecule has 0 radical (unpaired) electrons. The van der Waals surface area contributed by atoms with E-state index in [1.807, 2.05) is 41.8 Å². The number of thiophene rings is 1. The molecular weight excluding hydrogens is 454 g/mol. The first-order valence-corrected chi connectivity index (χ1v) is 13.6. The molecule has 1 saturated carbocycles. The van der Waals surface area contributed by atoms with Gasteiger partial charge in [-0.05, 0) is 72.0 Å². The van der Waals surface area contributed by atoms with Crippen LogP contribution in [0.25, 0.3) is 0 Å². The molecule has 184 valence electrons. The van der Waals surface area contributed by atoms with E-state index in [1.54, 1.807) is 28.6 Å². The summed E-state index contributed by atoms with van der Waals surface area (Å²) in [7, 11) is 0. The third-order valence-electron chi connectivity index (χ3n) is 7.01. The second-order valence-electron chi connectivity index (χ2n) is 9.45. The SMILES string of the molecule is CC[C@H](C)c1ccc(N(C(=O)Cc2cccs2)[C@@H](C(=O)NC2CCCCC2)c2ccncc2)cc1.